The number of carbonyl (C=O) groups excluding carboxylic acids is 2. The SMILES string of the molecule is Cc1cc(C)c(-c2cc(C(=O)N(CCC(=O)NCc3ccc(F)cc3)Cc3ccccc3)no2)c(C)c1. The third-order valence-electron chi connectivity index (χ3n) is 6.17. The highest BCUT2D eigenvalue weighted by Crippen LogP contribution is 2.29. The van der Waals surface area contributed by atoms with Gasteiger partial charge in [-0.05, 0) is 55.2 Å². The Balaban J connectivity index is 1.47. The zero-order chi connectivity index (χ0) is 26.4. The standard InChI is InChI=1S/C30H30FN3O3/c1-20-15-21(2)29(22(3)16-20)27-17-26(33-37-27)30(36)34(19-24-7-5-4-6-8-24)14-13-28(35)32-18-23-9-11-25(31)12-10-23/h4-12,15-17H,13-14,18-19H2,1-3H3,(H,32,35). The summed E-state index contributed by atoms with van der Waals surface area (Å²) >= 11 is 0. The van der Waals surface area contributed by atoms with Crippen molar-refractivity contribution in [3.63, 3.8) is 0 Å². The van der Waals surface area contributed by atoms with Gasteiger partial charge in [0.05, 0.1) is 0 Å². The lowest BCUT2D eigenvalue weighted by molar-refractivity contribution is -0.121. The Morgan fingerprint density at radius 3 is 2.27 bits per heavy atom. The number of hydrogen-bond donors (Lipinski definition) is 1. The number of halogens is 1. The largest absolute Gasteiger partial charge is 0.355 e. The van der Waals surface area contributed by atoms with Gasteiger partial charge in [0.1, 0.15) is 5.82 Å². The molecular formula is C30H30FN3O3. The van der Waals surface area contributed by atoms with Crippen LogP contribution in [0, 0.1) is 26.6 Å². The molecule has 2 amide bonds. The molecule has 37 heavy (non-hydrogen) atoms. The number of benzene rings is 3. The predicted octanol–water partition coefficient (Wildman–Crippen LogP) is 5.75. The molecule has 7 heteroatoms. The van der Waals surface area contributed by atoms with Crippen LogP contribution in [-0.2, 0) is 17.9 Å². The highest BCUT2D eigenvalue weighted by atomic mass is 19.1. The number of nitrogens with one attached hydrogen (secondary N) is 1. The van der Waals surface area contributed by atoms with E-state index in [0.717, 1.165) is 33.4 Å². The molecule has 0 unspecified atom stereocenters. The fourth-order valence-electron chi connectivity index (χ4n) is 4.41. The van der Waals surface area contributed by atoms with Crippen molar-refractivity contribution in [1.29, 1.82) is 0 Å². The number of rotatable bonds is 9. The maximum atomic E-state index is 13.5. The van der Waals surface area contributed by atoms with Crippen molar-refractivity contribution < 1.29 is 18.5 Å². The molecule has 0 aliphatic rings. The average molecular weight is 500 g/mol. The smallest absolute Gasteiger partial charge is 0.276 e. The van der Waals surface area contributed by atoms with E-state index in [-0.39, 0.29) is 42.8 Å². The second-order valence-electron chi connectivity index (χ2n) is 9.22. The normalized spacial score (nSPS) is 10.8. The Morgan fingerprint density at radius 1 is 0.919 bits per heavy atom. The summed E-state index contributed by atoms with van der Waals surface area (Å²) in [5, 5.41) is 6.90. The van der Waals surface area contributed by atoms with E-state index in [1.165, 1.54) is 12.1 Å². The number of hydrogen-bond acceptors (Lipinski definition) is 4. The van der Waals surface area contributed by atoms with Gasteiger partial charge in [0.2, 0.25) is 5.91 Å². The molecular weight excluding hydrogens is 469 g/mol. The lowest BCUT2D eigenvalue weighted by Gasteiger charge is -2.21. The lowest BCUT2D eigenvalue weighted by Crippen LogP contribution is -2.35. The molecule has 3 aromatic carbocycles. The van der Waals surface area contributed by atoms with Crippen LogP contribution < -0.4 is 5.32 Å². The van der Waals surface area contributed by atoms with Crippen LogP contribution in [0.15, 0.2) is 77.3 Å². The first-order valence-corrected chi connectivity index (χ1v) is 12.2. The summed E-state index contributed by atoms with van der Waals surface area (Å²) in [6.07, 6.45) is 0.112. The minimum Gasteiger partial charge on any atom is -0.355 e. The molecule has 0 aliphatic carbocycles. The maximum absolute atomic E-state index is 13.5. The van der Waals surface area contributed by atoms with Gasteiger partial charge in [0.25, 0.3) is 5.91 Å². The van der Waals surface area contributed by atoms with Crippen molar-refractivity contribution in [1.82, 2.24) is 15.4 Å². The summed E-state index contributed by atoms with van der Waals surface area (Å²) in [7, 11) is 0. The molecule has 0 aliphatic heterocycles. The zero-order valence-corrected chi connectivity index (χ0v) is 21.3. The van der Waals surface area contributed by atoms with E-state index in [0.29, 0.717) is 12.3 Å². The lowest BCUT2D eigenvalue weighted by atomic mass is 9.98. The van der Waals surface area contributed by atoms with Crippen molar-refractivity contribution in [2.24, 2.45) is 0 Å². The van der Waals surface area contributed by atoms with Crippen LogP contribution in [0.25, 0.3) is 11.3 Å². The molecule has 6 nitrogen and oxygen atoms in total. The Morgan fingerprint density at radius 2 is 1.59 bits per heavy atom. The first-order valence-electron chi connectivity index (χ1n) is 12.2. The molecule has 0 radical (unpaired) electrons. The second kappa shape index (κ2) is 11.6. The van der Waals surface area contributed by atoms with E-state index in [1.807, 2.05) is 51.1 Å². The van der Waals surface area contributed by atoms with E-state index in [9.17, 15) is 14.0 Å². The molecule has 0 bridgehead atoms. The Hall–Kier alpha value is -4.26. The molecule has 1 aromatic heterocycles. The number of amides is 2. The van der Waals surface area contributed by atoms with Crippen molar-refractivity contribution in [3.8, 4) is 11.3 Å². The predicted molar refractivity (Wildman–Crippen MR) is 140 cm³/mol. The summed E-state index contributed by atoms with van der Waals surface area (Å²) < 4.78 is 18.7. The Bertz CT molecular complexity index is 1360. The van der Waals surface area contributed by atoms with Gasteiger partial charge in [-0.1, -0.05) is 65.3 Å². The van der Waals surface area contributed by atoms with Gasteiger partial charge in [0, 0.05) is 37.7 Å². The van der Waals surface area contributed by atoms with Gasteiger partial charge in [-0.15, -0.1) is 0 Å². The molecule has 1 heterocycles. The van der Waals surface area contributed by atoms with Crippen molar-refractivity contribution in [3.05, 3.63) is 112 Å². The quantitative estimate of drug-likeness (QED) is 0.318. The molecule has 0 spiro atoms. The molecule has 0 atom stereocenters. The Labute approximate surface area is 216 Å². The molecule has 0 saturated heterocycles. The maximum Gasteiger partial charge on any atom is 0.276 e. The topological polar surface area (TPSA) is 75.4 Å². The number of nitrogens with zero attached hydrogens (tertiary/aromatic N) is 2. The summed E-state index contributed by atoms with van der Waals surface area (Å²) in [6.45, 7) is 6.87. The van der Waals surface area contributed by atoms with Gasteiger partial charge in [0.15, 0.2) is 11.5 Å². The van der Waals surface area contributed by atoms with E-state index >= 15 is 0 Å². The van der Waals surface area contributed by atoms with E-state index in [2.05, 4.69) is 22.6 Å². The molecule has 4 aromatic rings. The van der Waals surface area contributed by atoms with Crippen molar-refractivity contribution in [2.45, 2.75) is 40.3 Å². The van der Waals surface area contributed by atoms with Gasteiger partial charge < -0.3 is 14.7 Å². The summed E-state index contributed by atoms with van der Waals surface area (Å²) in [5.41, 5.74) is 6.10. The van der Waals surface area contributed by atoms with Crippen LogP contribution in [0.3, 0.4) is 0 Å². The van der Waals surface area contributed by atoms with Crippen LogP contribution in [0.4, 0.5) is 4.39 Å². The van der Waals surface area contributed by atoms with Gasteiger partial charge in [-0.2, -0.15) is 0 Å². The van der Waals surface area contributed by atoms with E-state index in [1.54, 1.807) is 23.1 Å². The highest BCUT2D eigenvalue weighted by Gasteiger charge is 2.23. The van der Waals surface area contributed by atoms with Crippen LogP contribution in [0.2, 0.25) is 0 Å². The fraction of sp³-hybridized carbons (Fsp3) is 0.233. The minimum absolute atomic E-state index is 0.112. The van der Waals surface area contributed by atoms with Crippen LogP contribution in [0.1, 0.15) is 44.7 Å². The first kappa shape index (κ1) is 25.8. The Kier molecular flexibility index (Phi) is 8.13. The molecule has 190 valence electrons. The zero-order valence-electron chi connectivity index (χ0n) is 21.3. The molecule has 0 saturated carbocycles. The summed E-state index contributed by atoms with van der Waals surface area (Å²) in [4.78, 5) is 27.6. The number of carbonyl (C=O) groups is 2. The van der Waals surface area contributed by atoms with Crippen LogP contribution in [0.5, 0.6) is 0 Å². The van der Waals surface area contributed by atoms with Crippen molar-refractivity contribution >= 4 is 11.8 Å². The summed E-state index contributed by atoms with van der Waals surface area (Å²) in [6, 6.07) is 21.4. The molecule has 4 rings (SSSR count). The third kappa shape index (κ3) is 6.70. The average Bonchev–Trinajstić information content (AvgIpc) is 3.35. The number of aryl methyl sites for hydroxylation is 3. The van der Waals surface area contributed by atoms with E-state index < -0.39 is 0 Å². The van der Waals surface area contributed by atoms with Gasteiger partial charge in [-0.3, -0.25) is 9.59 Å². The van der Waals surface area contributed by atoms with Gasteiger partial charge in [-0.25, -0.2) is 4.39 Å². The monoisotopic (exact) mass is 499 g/mol. The second-order valence-corrected chi connectivity index (χ2v) is 9.22. The van der Waals surface area contributed by atoms with Gasteiger partial charge >= 0.3 is 0 Å². The highest BCUT2D eigenvalue weighted by molar-refractivity contribution is 5.93. The van der Waals surface area contributed by atoms with E-state index in [4.69, 9.17) is 4.52 Å². The van der Waals surface area contributed by atoms with Crippen LogP contribution in [-0.4, -0.2) is 28.4 Å². The molecule has 0 fully saturated rings. The van der Waals surface area contributed by atoms with Crippen molar-refractivity contribution in [2.75, 3.05) is 6.54 Å². The molecule has 1 N–H and O–H groups in total. The first-order chi connectivity index (χ1) is 17.8. The number of aromatic nitrogens is 1. The summed E-state index contributed by atoms with van der Waals surface area (Å²) in [5.74, 6) is -0.307. The minimum atomic E-state index is -0.325. The fourth-order valence-corrected chi connectivity index (χ4v) is 4.41. The third-order valence-corrected chi connectivity index (χ3v) is 6.17. The van der Waals surface area contributed by atoms with Crippen LogP contribution >= 0.6 is 0 Å².